The Morgan fingerprint density at radius 1 is 1.03 bits per heavy atom. The smallest absolute Gasteiger partial charge is 0.320 e. The van der Waals surface area contributed by atoms with Crippen LogP contribution in [-0.4, -0.2) is 18.7 Å². The number of fused-ring (bicyclic) bond motifs is 1. The van der Waals surface area contributed by atoms with Crippen LogP contribution in [-0.2, 0) is 13.1 Å². The Hall–Kier alpha value is -3.26. The van der Waals surface area contributed by atoms with E-state index in [1.54, 1.807) is 31.2 Å². The standard InChI is InChI=1S/C20H15ClF2N4O2/c1-2-26-19(28)17-18(27(20(26)29)14-6-4-13(21)5-7-14)24-11-25(17)10-12-3-8-15(22)16(23)9-12/h3-9,11H,2,10H2,1H3. The fourth-order valence-corrected chi connectivity index (χ4v) is 3.36. The average Bonchev–Trinajstić information content (AvgIpc) is 3.10. The molecule has 0 saturated carbocycles. The second kappa shape index (κ2) is 7.29. The van der Waals surface area contributed by atoms with Gasteiger partial charge >= 0.3 is 5.69 Å². The highest BCUT2D eigenvalue weighted by Crippen LogP contribution is 2.17. The molecule has 0 bridgehead atoms. The van der Waals surface area contributed by atoms with E-state index in [-0.39, 0.29) is 24.3 Å². The molecule has 0 spiro atoms. The number of hydrogen-bond donors (Lipinski definition) is 0. The minimum Gasteiger partial charge on any atom is -0.320 e. The molecule has 0 saturated heterocycles. The maximum Gasteiger partial charge on any atom is 0.337 e. The molecule has 0 radical (unpaired) electrons. The Kier molecular flexibility index (Phi) is 4.79. The van der Waals surface area contributed by atoms with Crippen LogP contribution in [0.25, 0.3) is 16.9 Å². The van der Waals surface area contributed by atoms with Crippen molar-refractivity contribution in [3.05, 3.63) is 91.9 Å². The summed E-state index contributed by atoms with van der Waals surface area (Å²) in [7, 11) is 0. The zero-order valence-corrected chi connectivity index (χ0v) is 16.0. The summed E-state index contributed by atoms with van der Waals surface area (Å²) in [6.07, 6.45) is 1.40. The Bertz CT molecular complexity index is 1340. The summed E-state index contributed by atoms with van der Waals surface area (Å²) < 4.78 is 30.7. The predicted octanol–water partition coefficient (Wildman–Crippen LogP) is 3.35. The summed E-state index contributed by atoms with van der Waals surface area (Å²) in [5.74, 6) is -1.93. The first-order valence-corrected chi connectivity index (χ1v) is 9.19. The zero-order chi connectivity index (χ0) is 20.7. The summed E-state index contributed by atoms with van der Waals surface area (Å²) in [6, 6.07) is 10.1. The Balaban J connectivity index is 1.96. The highest BCUT2D eigenvalue weighted by atomic mass is 35.5. The molecule has 0 atom stereocenters. The summed E-state index contributed by atoms with van der Waals surface area (Å²) in [5.41, 5.74) is 0.295. The molecule has 0 amide bonds. The van der Waals surface area contributed by atoms with Gasteiger partial charge in [0.1, 0.15) is 0 Å². The predicted molar refractivity (Wildman–Crippen MR) is 106 cm³/mol. The van der Waals surface area contributed by atoms with Crippen molar-refractivity contribution < 1.29 is 8.78 Å². The first kappa shape index (κ1) is 19.1. The maximum atomic E-state index is 13.6. The average molecular weight is 417 g/mol. The first-order chi connectivity index (χ1) is 13.9. The normalized spacial score (nSPS) is 11.3. The van der Waals surface area contributed by atoms with Gasteiger partial charge in [0.15, 0.2) is 22.8 Å². The van der Waals surface area contributed by atoms with Gasteiger partial charge in [-0.15, -0.1) is 0 Å². The zero-order valence-electron chi connectivity index (χ0n) is 15.3. The minimum absolute atomic E-state index is 0.0888. The molecule has 29 heavy (non-hydrogen) atoms. The second-order valence-electron chi connectivity index (χ2n) is 6.44. The molecule has 2 heterocycles. The molecule has 148 valence electrons. The molecular weight excluding hydrogens is 402 g/mol. The van der Waals surface area contributed by atoms with Crippen LogP contribution < -0.4 is 11.2 Å². The van der Waals surface area contributed by atoms with Gasteiger partial charge in [-0.2, -0.15) is 0 Å². The first-order valence-electron chi connectivity index (χ1n) is 8.81. The van der Waals surface area contributed by atoms with Gasteiger partial charge in [-0.3, -0.25) is 9.36 Å². The molecule has 6 nitrogen and oxygen atoms in total. The van der Waals surface area contributed by atoms with Crippen LogP contribution in [0.5, 0.6) is 0 Å². The molecule has 0 aliphatic carbocycles. The number of rotatable bonds is 4. The highest BCUT2D eigenvalue weighted by molar-refractivity contribution is 6.30. The van der Waals surface area contributed by atoms with E-state index in [1.165, 1.54) is 21.5 Å². The Labute approximate surface area is 168 Å². The van der Waals surface area contributed by atoms with Crippen molar-refractivity contribution in [2.75, 3.05) is 0 Å². The summed E-state index contributed by atoms with van der Waals surface area (Å²) >= 11 is 5.94. The molecular formula is C20H15ClF2N4O2. The third-order valence-corrected chi connectivity index (χ3v) is 4.89. The summed E-state index contributed by atoms with van der Waals surface area (Å²) in [4.78, 5) is 30.1. The highest BCUT2D eigenvalue weighted by Gasteiger charge is 2.19. The molecule has 0 fully saturated rings. The van der Waals surface area contributed by atoms with E-state index in [9.17, 15) is 18.4 Å². The summed E-state index contributed by atoms with van der Waals surface area (Å²) in [5, 5.41) is 0.505. The van der Waals surface area contributed by atoms with Crippen molar-refractivity contribution in [1.29, 1.82) is 0 Å². The minimum atomic E-state index is -0.976. The van der Waals surface area contributed by atoms with E-state index in [1.807, 2.05) is 0 Å². The molecule has 9 heteroatoms. The van der Waals surface area contributed by atoms with Gasteiger partial charge in [0, 0.05) is 18.1 Å². The number of hydrogen-bond acceptors (Lipinski definition) is 3. The van der Waals surface area contributed by atoms with Crippen LogP contribution >= 0.6 is 11.6 Å². The van der Waals surface area contributed by atoms with Crippen molar-refractivity contribution in [2.45, 2.75) is 20.0 Å². The fraction of sp³-hybridized carbons (Fsp3) is 0.150. The van der Waals surface area contributed by atoms with Crippen molar-refractivity contribution in [3.8, 4) is 5.69 Å². The van der Waals surface area contributed by atoms with E-state index in [0.29, 0.717) is 16.3 Å². The van der Waals surface area contributed by atoms with Gasteiger partial charge in [-0.1, -0.05) is 17.7 Å². The van der Waals surface area contributed by atoms with Crippen LogP contribution in [0.4, 0.5) is 8.78 Å². The van der Waals surface area contributed by atoms with Gasteiger partial charge in [0.2, 0.25) is 0 Å². The van der Waals surface area contributed by atoms with E-state index in [4.69, 9.17) is 11.6 Å². The number of halogens is 3. The second-order valence-corrected chi connectivity index (χ2v) is 6.87. The Morgan fingerprint density at radius 2 is 1.76 bits per heavy atom. The lowest BCUT2D eigenvalue weighted by Gasteiger charge is -2.12. The number of benzene rings is 2. The van der Waals surface area contributed by atoms with Crippen molar-refractivity contribution in [1.82, 2.24) is 18.7 Å². The number of imidazole rings is 1. The lowest BCUT2D eigenvalue weighted by molar-refractivity contribution is 0.506. The van der Waals surface area contributed by atoms with Crippen LogP contribution in [0.3, 0.4) is 0 Å². The molecule has 0 aliphatic rings. The van der Waals surface area contributed by atoms with E-state index >= 15 is 0 Å². The monoisotopic (exact) mass is 416 g/mol. The van der Waals surface area contributed by atoms with Crippen LogP contribution in [0, 0.1) is 11.6 Å². The molecule has 0 N–H and O–H groups in total. The van der Waals surface area contributed by atoms with E-state index < -0.39 is 22.9 Å². The van der Waals surface area contributed by atoms with Gasteiger partial charge in [0.25, 0.3) is 5.56 Å². The molecule has 2 aromatic heterocycles. The molecule has 0 unspecified atom stereocenters. The van der Waals surface area contributed by atoms with Crippen molar-refractivity contribution in [3.63, 3.8) is 0 Å². The molecule has 4 rings (SSSR count). The van der Waals surface area contributed by atoms with Crippen molar-refractivity contribution >= 4 is 22.8 Å². The SMILES string of the molecule is CCn1c(=O)c2c(ncn2Cc2ccc(F)c(F)c2)n(-c2ccc(Cl)cc2)c1=O. The lowest BCUT2D eigenvalue weighted by Crippen LogP contribution is -2.39. The van der Waals surface area contributed by atoms with Crippen LogP contribution in [0.15, 0.2) is 58.4 Å². The van der Waals surface area contributed by atoms with E-state index in [2.05, 4.69) is 4.98 Å². The number of nitrogens with zero attached hydrogens (tertiary/aromatic N) is 4. The van der Waals surface area contributed by atoms with Gasteiger partial charge in [0.05, 0.1) is 12.0 Å². The fourth-order valence-electron chi connectivity index (χ4n) is 3.24. The van der Waals surface area contributed by atoms with Gasteiger partial charge < -0.3 is 4.57 Å². The topological polar surface area (TPSA) is 61.8 Å². The third kappa shape index (κ3) is 3.25. The van der Waals surface area contributed by atoms with Gasteiger partial charge in [-0.25, -0.2) is 23.1 Å². The van der Waals surface area contributed by atoms with Crippen LogP contribution in [0.1, 0.15) is 12.5 Å². The molecule has 0 aliphatic heterocycles. The van der Waals surface area contributed by atoms with Crippen molar-refractivity contribution in [2.24, 2.45) is 0 Å². The van der Waals surface area contributed by atoms with Gasteiger partial charge in [-0.05, 0) is 48.9 Å². The largest absolute Gasteiger partial charge is 0.337 e. The number of aromatic nitrogens is 4. The third-order valence-electron chi connectivity index (χ3n) is 4.64. The van der Waals surface area contributed by atoms with Crippen LogP contribution in [0.2, 0.25) is 5.02 Å². The summed E-state index contributed by atoms with van der Waals surface area (Å²) in [6.45, 7) is 1.94. The van der Waals surface area contributed by atoms with E-state index in [0.717, 1.165) is 16.7 Å². The lowest BCUT2D eigenvalue weighted by atomic mass is 10.2. The molecule has 2 aromatic carbocycles. The molecule has 4 aromatic rings. The Morgan fingerprint density at radius 3 is 2.41 bits per heavy atom. The quantitative estimate of drug-likeness (QED) is 0.512. The maximum absolute atomic E-state index is 13.6.